The smallest absolute Gasteiger partial charge is 0.155 e. The molecule has 0 spiro atoms. The van der Waals surface area contributed by atoms with Crippen LogP contribution in [0.5, 0.6) is 0 Å². The number of fused-ring (bicyclic) bond motifs is 1. The molecule has 2 aromatic carbocycles. The number of rotatable bonds is 2. The summed E-state index contributed by atoms with van der Waals surface area (Å²) in [5.74, 6) is 5.24. The normalized spacial score (nSPS) is 10.4. The van der Waals surface area contributed by atoms with Gasteiger partial charge >= 0.3 is 0 Å². The third-order valence-corrected chi connectivity index (χ3v) is 5.70. The molecule has 0 aliphatic rings. The topological polar surface area (TPSA) is 25.8 Å². The van der Waals surface area contributed by atoms with Crippen LogP contribution in [0.15, 0.2) is 48.5 Å². The molecule has 4 rings (SSSR count). The summed E-state index contributed by atoms with van der Waals surface area (Å²) >= 11 is 3.18. The summed E-state index contributed by atoms with van der Waals surface area (Å²) in [6.07, 6.45) is 10.8. The first-order chi connectivity index (χ1) is 11.8. The van der Waals surface area contributed by atoms with E-state index in [0.717, 1.165) is 41.9 Å². The van der Waals surface area contributed by atoms with Crippen molar-refractivity contribution >= 4 is 32.3 Å². The van der Waals surface area contributed by atoms with Gasteiger partial charge in [0.2, 0.25) is 0 Å². The minimum Gasteiger partial charge on any atom is -0.223 e. The first-order valence-electron chi connectivity index (χ1n) is 7.18. The Morgan fingerprint density at radius 1 is 0.625 bits per heavy atom. The predicted molar refractivity (Wildman–Crippen MR) is 102 cm³/mol. The summed E-state index contributed by atoms with van der Waals surface area (Å²) < 4.78 is 0. The Balaban J connectivity index is 1.69. The highest BCUT2D eigenvalue weighted by molar-refractivity contribution is 7.29. The van der Waals surface area contributed by atoms with Gasteiger partial charge in [0, 0.05) is 22.3 Å². The highest BCUT2D eigenvalue weighted by Crippen LogP contribution is 2.36. The molecule has 0 bridgehead atoms. The van der Waals surface area contributed by atoms with Crippen molar-refractivity contribution in [3.63, 3.8) is 0 Å². The Hall–Kier alpha value is -2.92. The number of nitrogens with zero attached hydrogens (tertiary/aromatic N) is 2. The molecule has 2 heterocycles. The number of thiazole rings is 2. The second kappa shape index (κ2) is 5.94. The Morgan fingerprint density at radius 2 is 1.00 bits per heavy atom. The van der Waals surface area contributed by atoms with Crippen LogP contribution < -0.4 is 0 Å². The molecular formula is C20H10N2S2. The number of hydrogen-bond acceptors (Lipinski definition) is 4. The van der Waals surface area contributed by atoms with E-state index in [1.165, 1.54) is 0 Å². The van der Waals surface area contributed by atoms with Gasteiger partial charge in [-0.3, -0.25) is 0 Å². The van der Waals surface area contributed by atoms with Gasteiger partial charge in [-0.25, -0.2) is 9.97 Å². The van der Waals surface area contributed by atoms with E-state index in [4.69, 9.17) is 22.8 Å². The monoisotopic (exact) mass is 342 g/mol. The van der Waals surface area contributed by atoms with Crippen molar-refractivity contribution < 1.29 is 0 Å². The lowest BCUT2D eigenvalue weighted by molar-refractivity contribution is 1.48. The number of benzene rings is 2. The van der Waals surface area contributed by atoms with Crippen LogP contribution in [-0.4, -0.2) is 9.97 Å². The van der Waals surface area contributed by atoms with E-state index >= 15 is 0 Å². The zero-order valence-corrected chi connectivity index (χ0v) is 14.1. The Bertz CT molecular complexity index is 983. The lowest BCUT2D eigenvalue weighted by atomic mass is 10.1. The Morgan fingerprint density at radius 3 is 1.33 bits per heavy atom. The molecule has 0 saturated heterocycles. The van der Waals surface area contributed by atoms with Gasteiger partial charge in [-0.15, -0.1) is 12.8 Å². The molecule has 0 N–H and O–H groups in total. The van der Waals surface area contributed by atoms with Gasteiger partial charge in [0.25, 0.3) is 0 Å². The summed E-state index contributed by atoms with van der Waals surface area (Å²) in [7, 11) is 0. The second-order valence-electron chi connectivity index (χ2n) is 5.09. The van der Waals surface area contributed by atoms with Crippen molar-refractivity contribution in [2.75, 3.05) is 0 Å². The molecule has 4 heteroatoms. The van der Waals surface area contributed by atoms with Crippen LogP contribution in [0.1, 0.15) is 11.1 Å². The molecule has 0 fully saturated rings. The molecule has 0 aliphatic heterocycles. The summed E-state index contributed by atoms with van der Waals surface area (Å²) in [6, 6.07) is 15.7. The standard InChI is InChI=1S/C20H10N2S2/c1-3-13-5-9-15(10-6-13)17-21-19-20(23-17)22-18(24-19)16-11-7-14(4-2)8-12-16/h1-2,5-12H. The van der Waals surface area contributed by atoms with Crippen molar-refractivity contribution in [2.45, 2.75) is 0 Å². The molecule has 2 nitrogen and oxygen atoms in total. The second-order valence-corrected chi connectivity index (χ2v) is 7.05. The Labute approximate surface area is 147 Å². The maximum Gasteiger partial charge on any atom is 0.155 e. The third-order valence-electron chi connectivity index (χ3n) is 3.57. The van der Waals surface area contributed by atoms with Gasteiger partial charge in [0.1, 0.15) is 10.0 Å². The highest BCUT2D eigenvalue weighted by atomic mass is 32.1. The zero-order chi connectivity index (χ0) is 16.5. The van der Waals surface area contributed by atoms with Crippen LogP contribution in [0.3, 0.4) is 0 Å². The van der Waals surface area contributed by atoms with Crippen molar-refractivity contribution in [3.05, 3.63) is 59.7 Å². The van der Waals surface area contributed by atoms with Gasteiger partial charge < -0.3 is 0 Å². The predicted octanol–water partition coefficient (Wildman–Crippen LogP) is 5.05. The molecule has 0 radical (unpaired) electrons. The molecule has 0 unspecified atom stereocenters. The largest absolute Gasteiger partial charge is 0.223 e. The molecule has 24 heavy (non-hydrogen) atoms. The van der Waals surface area contributed by atoms with E-state index in [-0.39, 0.29) is 0 Å². The number of hydrogen-bond donors (Lipinski definition) is 0. The maximum absolute atomic E-state index is 5.39. The third kappa shape index (κ3) is 2.59. The van der Waals surface area contributed by atoms with Gasteiger partial charge in [0.05, 0.1) is 0 Å². The average molecular weight is 342 g/mol. The van der Waals surface area contributed by atoms with Gasteiger partial charge in [0.15, 0.2) is 9.66 Å². The van der Waals surface area contributed by atoms with E-state index in [2.05, 4.69) is 11.8 Å². The van der Waals surface area contributed by atoms with E-state index in [0.29, 0.717) is 0 Å². The van der Waals surface area contributed by atoms with Crippen LogP contribution in [0.25, 0.3) is 30.8 Å². The quantitative estimate of drug-likeness (QED) is 0.476. The fourth-order valence-electron chi connectivity index (χ4n) is 2.31. The SMILES string of the molecule is C#Cc1ccc(-c2nc3sc(-c4ccc(C#C)cc4)nc3s2)cc1. The van der Waals surface area contributed by atoms with E-state index < -0.39 is 0 Å². The van der Waals surface area contributed by atoms with Gasteiger partial charge in [-0.2, -0.15) is 0 Å². The van der Waals surface area contributed by atoms with Gasteiger partial charge in [-0.1, -0.05) is 58.8 Å². The van der Waals surface area contributed by atoms with Crippen molar-refractivity contribution in [1.82, 2.24) is 9.97 Å². The fourth-order valence-corrected chi connectivity index (χ4v) is 4.36. The lowest BCUT2D eigenvalue weighted by Crippen LogP contribution is -1.78. The van der Waals surface area contributed by atoms with Gasteiger partial charge in [-0.05, 0) is 24.3 Å². The molecule has 4 aromatic rings. The molecule has 0 aliphatic carbocycles. The molecule has 112 valence electrons. The van der Waals surface area contributed by atoms with E-state index in [1.807, 2.05) is 48.5 Å². The summed E-state index contributed by atoms with van der Waals surface area (Å²) in [6.45, 7) is 0. The minimum atomic E-state index is 0.868. The van der Waals surface area contributed by atoms with Crippen LogP contribution in [0, 0.1) is 24.7 Å². The summed E-state index contributed by atoms with van der Waals surface area (Å²) in [4.78, 5) is 11.3. The molecule has 2 aromatic heterocycles. The van der Waals surface area contributed by atoms with Crippen molar-refractivity contribution in [2.24, 2.45) is 0 Å². The van der Waals surface area contributed by atoms with Crippen LogP contribution in [-0.2, 0) is 0 Å². The molecule has 0 atom stereocenters. The van der Waals surface area contributed by atoms with E-state index in [1.54, 1.807) is 22.7 Å². The first kappa shape index (κ1) is 14.7. The lowest BCUT2D eigenvalue weighted by Gasteiger charge is -1.97. The highest BCUT2D eigenvalue weighted by Gasteiger charge is 2.12. The van der Waals surface area contributed by atoms with Crippen molar-refractivity contribution in [1.29, 1.82) is 0 Å². The average Bonchev–Trinajstić information content (AvgIpc) is 3.21. The van der Waals surface area contributed by atoms with Crippen molar-refractivity contribution in [3.8, 4) is 45.8 Å². The molecular weight excluding hydrogens is 332 g/mol. The summed E-state index contributed by atoms with van der Waals surface area (Å²) in [5, 5.41) is 1.92. The Kier molecular flexibility index (Phi) is 3.63. The number of terminal acetylenes is 2. The number of aromatic nitrogens is 2. The molecule has 0 amide bonds. The first-order valence-corrected chi connectivity index (χ1v) is 8.81. The van der Waals surface area contributed by atoms with Crippen LogP contribution in [0.2, 0.25) is 0 Å². The maximum atomic E-state index is 5.39. The minimum absolute atomic E-state index is 0.868. The van der Waals surface area contributed by atoms with E-state index in [9.17, 15) is 0 Å². The van der Waals surface area contributed by atoms with Crippen LogP contribution >= 0.6 is 22.7 Å². The van der Waals surface area contributed by atoms with Crippen LogP contribution in [0.4, 0.5) is 0 Å². The summed E-state index contributed by atoms with van der Waals surface area (Å²) in [5.41, 5.74) is 3.86. The zero-order valence-electron chi connectivity index (χ0n) is 12.5. The molecule has 0 saturated carbocycles. The fraction of sp³-hybridized carbons (Fsp3) is 0.